The Labute approximate surface area is 157 Å². The summed E-state index contributed by atoms with van der Waals surface area (Å²) in [5.74, 6) is 3.03. The average Bonchev–Trinajstić information content (AvgIpc) is 3.32. The molecule has 2 aliphatic heterocycles. The summed E-state index contributed by atoms with van der Waals surface area (Å²) >= 11 is 0. The van der Waals surface area contributed by atoms with Crippen LogP contribution in [0.4, 0.5) is 0 Å². The lowest BCUT2D eigenvalue weighted by Gasteiger charge is -2.35. The summed E-state index contributed by atoms with van der Waals surface area (Å²) in [4.78, 5) is 9.40. The summed E-state index contributed by atoms with van der Waals surface area (Å²) in [7, 11) is 1.87. The van der Waals surface area contributed by atoms with E-state index in [4.69, 9.17) is 9.15 Å². The zero-order valence-electron chi connectivity index (χ0n) is 16.5. The number of ether oxygens (including phenoxy) is 1. The SMILES string of the molecule is CCOC1CCN(C(=NC)NCC(c2ccc(C)o2)N2CCCC2)CC1. The van der Waals surface area contributed by atoms with Gasteiger partial charge in [0.25, 0.3) is 0 Å². The molecule has 6 heteroatoms. The Morgan fingerprint density at radius 1 is 1.27 bits per heavy atom. The Balaban J connectivity index is 1.58. The number of rotatable bonds is 6. The van der Waals surface area contributed by atoms with Crippen LogP contribution in [0.5, 0.6) is 0 Å². The molecule has 2 fully saturated rings. The Bertz CT molecular complexity index is 572. The second-order valence-corrected chi connectivity index (χ2v) is 7.28. The first-order chi connectivity index (χ1) is 12.7. The molecule has 1 aromatic rings. The molecule has 0 spiro atoms. The number of piperidine rings is 1. The molecular weight excluding hydrogens is 328 g/mol. The van der Waals surface area contributed by atoms with Gasteiger partial charge in [-0.3, -0.25) is 9.89 Å². The Morgan fingerprint density at radius 2 is 2.00 bits per heavy atom. The lowest BCUT2D eigenvalue weighted by Crippen LogP contribution is -2.48. The maximum absolute atomic E-state index is 5.96. The molecule has 1 atom stereocenters. The molecule has 26 heavy (non-hydrogen) atoms. The smallest absolute Gasteiger partial charge is 0.193 e. The first-order valence-corrected chi connectivity index (χ1v) is 10.1. The van der Waals surface area contributed by atoms with Crippen molar-refractivity contribution in [1.29, 1.82) is 0 Å². The third-order valence-corrected chi connectivity index (χ3v) is 5.48. The van der Waals surface area contributed by atoms with E-state index in [1.165, 1.54) is 12.8 Å². The van der Waals surface area contributed by atoms with Crippen LogP contribution in [-0.2, 0) is 4.74 Å². The summed E-state index contributed by atoms with van der Waals surface area (Å²) in [5, 5.41) is 3.60. The van der Waals surface area contributed by atoms with Crippen LogP contribution in [0.25, 0.3) is 0 Å². The van der Waals surface area contributed by atoms with Crippen LogP contribution < -0.4 is 5.32 Å². The molecule has 2 aliphatic rings. The highest BCUT2D eigenvalue weighted by Crippen LogP contribution is 2.26. The predicted molar refractivity (Wildman–Crippen MR) is 105 cm³/mol. The standard InChI is InChI=1S/C20H34N4O2/c1-4-25-17-9-13-24(14-10-17)20(21-3)22-15-18(23-11-5-6-12-23)19-8-7-16(2)26-19/h7-8,17-18H,4-6,9-15H2,1-3H3,(H,21,22). The molecule has 0 aromatic carbocycles. The fourth-order valence-electron chi connectivity index (χ4n) is 4.09. The van der Waals surface area contributed by atoms with Crippen molar-refractivity contribution in [3.63, 3.8) is 0 Å². The van der Waals surface area contributed by atoms with Crippen LogP contribution in [0.3, 0.4) is 0 Å². The minimum atomic E-state index is 0.268. The lowest BCUT2D eigenvalue weighted by molar-refractivity contribution is 0.0263. The van der Waals surface area contributed by atoms with Gasteiger partial charge in [-0.25, -0.2) is 0 Å². The van der Waals surface area contributed by atoms with Gasteiger partial charge in [0.2, 0.25) is 0 Å². The number of nitrogens with zero attached hydrogens (tertiary/aromatic N) is 3. The molecule has 1 aromatic heterocycles. The molecule has 3 rings (SSSR count). The molecule has 0 radical (unpaired) electrons. The van der Waals surface area contributed by atoms with Crippen molar-refractivity contribution in [3.8, 4) is 0 Å². The lowest BCUT2D eigenvalue weighted by atomic mass is 10.1. The third kappa shape index (κ3) is 4.80. The quantitative estimate of drug-likeness (QED) is 0.623. The minimum Gasteiger partial charge on any atom is -0.465 e. The van der Waals surface area contributed by atoms with Gasteiger partial charge in [0.05, 0.1) is 12.1 Å². The molecule has 3 heterocycles. The molecule has 0 aliphatic carbocycles. The van der Waals surface area contributed by atoms with E-state index in [0.717, 1.165) is 69.7 Å². The van der Waals surface area contributed by atoms with Gasteiger partial charge in [0, 0.05) is 33.3 Å². The molecule has 0 bridgehead atoms. The summed E-state index contributed by atoms with van der Waals surface area (Å²) < 4.78 is 11.7. The highest BCUT2D eigenvalue weighted by atomic mass is 16.5. The molecule has 6 nitrogen and oxygen atoms in total. The van der Waals surface area contributed by atoms with E-state index in [0.29, 0.717) is 6.10 Å². The molecule has 2 saturated heterocycles. The second-order valence-electron chi connectivity index (χ2n) is 7.28. The Morgan fingerprint density at radius 3 is 2.58 bits per heavy atom. The van der Waals surface area contributed by atoms with E-state index in [1.54, 1.807) is 0 Å². The van der Waals surface area contributed by atoms with Gasteiger partial charge in [0.1, 0.15) is 11.5 Å². The number of aliphatic imine (C=N–C) groups is 1. The van der Waals surface area contributed by atoms with E-state index < -0.39 is 0 Å². The van der Waals surface area contributed by atoms with Crippen LogP contribution >= 0.6 is 0 Å². The number of likely N-dealkylation sites (tertiary alicyclic amines) is 2. The third-order valence-electron chi connectivity index (χ3n) is 5.48. The highest BCUT2D eigenvalue weighted by molar-refractivity contribution is 5.80. The number of nitrogens with one attached hydrogen (secondary N) is 1. The topological polar surface area (TPSA) is 53.2 Å². The molecule has 0 amide bonds. The van der Waals surface area contributed by atoms with Gasteiger partial charge in [0.15, 0.2) is 5.96 Å². The Hall–Kier alpha value is -1.53. The van der Waals surface area contributed by atoms with E-state index >= 15 is 0 Å². The van der Waals surface area contributed by atoms with Gasteiger partial charge < -0.3 is 19.4 Å². The van der Waals surface area contributed by atoms with Crippen LogP contribution in [-0.4, -0.2) is 68.2 Å². The number of hydrogen-bond acceptors (Lipinski definition) is 4. The molecule has 1 unspecified atom stereocenters. The van der Waals surface area contributed by atoms with Crippen LogP contribution in [0.15, 0.2) is 21.5 Å². The van der Waals surface area contributed by atoms with E-state index in [1.807, 2.05) is 14.0 Å². The van der Waals surface area contributed by atoms with Gasteiger partial charge in [-0.1, -0.05) is 0 Å². The minimum absolute atomic E-state index is 0.268. The predicted octanol–water partition coefficient (Wildman–Crippen LogP) is 2.80. The maximum atomic E-state index is 5.96. The van der Waals surface area contributed by atoms with Gasteiger partial charge in [-0.15, -0.1) is 0 Å². The van der Waals surface area contributed by atoms with E-state index in [-0.39, 0.29) is 6.04 Å². The van der Waals surface area contributed by atoms with Crippen molar-refractivity contribution < 1.29 is 9.15 Å². The number of guanidine groups is 1. The first-order valence-electron chi connectivity index (χ1n) is 10.1. The molecule has 0 saturated carbocycles. The van der Waals surface area contributed by atoms with Crippen LogP contribution in [0, 0.1) is 6.92 Å². The first kappa shape index (κ1) is 19.2. The normalized spacial score (nSPS) is 21.3. The maximum Gasteiger partial charge on any atom is 0.193 e. The summed E-state index contributed by atoms with van der Waals surface area (Å²) in [6, 6.07) is 4.45. The molecular formula is C20H34N4O2. The number of aryl methyl sites for hydroxylation is 1. The fraction of sp³-hybridized carbons (Fsp3) is 0.750. The van der Waals surface area contributed by atoms with E-state index in [2.05, 4.69) is 39.2 Å². The van der Waals surface area contributed by atoms with E-state index in [9.17, 15) is 0 Å². The second kappa shape index (κ2) is 9.42. The van der Waals surface area contributed by atoms with Crippen molar-refractivity contribution in [1.82, 2.24) is 15.1 Å². The number of hydrogen-bond donors (Lipinski definition) is 1. The van der Waals surface area contributed by atoms with Crippen molar-refractivity contribution in [2.75, 3.05) is 46.4 Å². The fourth-order valence-corrected chi connectivity index (χ4v) is 4.09. The Kier molecular flexibility index (Phi) is 6.97. The van der Waals surface area contributed by atoms with Gasteiger partial charge in [-0.2, -0.15) is 0 Å². The monoisotopic (exact) mass is 362 g/mol. The van der Waals surface area contributed by atoms with Gasteiger partial charge in [-0.05, 0) is 64.8 Å². The van der Waals surface area contributed by atoms with Crippen molar-refractivity contribution in [2.24, 2.45) is 4.99 Å². The summed E-state index contributed by atoms with van der Waals surface area (Å²) in [6.07, 6.45) is 5.09. The van der Waals surface area contributed by atoms with Crippen molar-refractivity contribution in [3.05, 3.63) is 23.7 Å². The summed E-state index contributed by atoms with van der Waals surface area (Å²) in [5.41, 5.74) is 0. The summed E-state index contributed by atoms with van der Waals surface area (Å²) in [6.45, 7) is 10.00. The van der Waals surface area contributed by atoms with Crippen LogP contribution in [0.1, 0.15) is 50.2 Å². The van der Waals surface area contributed by atoms with Gasteiger partial charge >= 0.3 is 0 Å². The zero-order chi connectivity index (χ0) is 18.4. The zero-order valence-corrected chi connectivity index (χ0v) is 16.5. The van der Waals surface area contributed by atoms with Crippen molar-refractivity contribution >= 4 is 5.96 Å². The average molecular weight is 363 g/mol. The largest absolute Gasteiger partial charge is 0.465 e. The highest BCUT2D eigenvalue weighted by Gasteiger charge is 2.27. The molecule has 1 N–H and O–H groups in total. The number of furan rings is 1. The molecule has 146 valence electrons. The van der Waals surface area contributed by atoms with Crippen LogP contribution in [0.2, 0.25) is 0 Å². The van der Waals surface area contributed by atoms with Crippen molar-refractivity contribution in [2.45, 2.75) is 51.7 Å².